The van der Waals surface area contributed by atoms with Gasteiger partial charge in [0.1, 0.15) is 11.6 Å². The monoisotopic (exact) mass is 198 g/mol. The van der Waals surface area contributed by atoms with Gasteiger partial charge in [0.05, 0.1) is 5.56 Å². The summed E-state index contributed by atoms with van der Waals surface area (Å²) in [6.45, 7) is 1.94. The molecule has 0 aliphatic rings. The van der Waals surface area contributed by atoms with E-state index in [9.17, 15) is 5.11 Å². The van der Waals surface area contributed by atoms with Crippen molar-refractivity contribution in [3.63, 3.8) is 0 Å². The zero-order chi connectivity index (χ0) is 10.0. The van der Waals surface area contributed by atoms with Crippen LogP contribution in [-0.4, -0.2) is 10.9 Å². The summed E-state index contributed by atoms with van der Waals surface area (Å²) in [6, 6.07) is 3.05. The normalized spacial score (nSPS) is 10.0. The molecule has 0 amide bonds. The Hall–Kier alpha value is -1.22. The molecule has 13 heavy (non-hydrogen) atoms. The Morgan fingerprint density at radius 2 is 2.23 bits per heavy atom. The Kier molecular flexibility index (Phi) is 2.78. The molecule has 70 valence electrons. The van der Waals surface area contributed by atoms with Crippen molar-refractivity contribution >= 4 is 17.4 Å². The maximum absolute atomic E-state index is 9.44. The minimum atomic E-state index is -0.179. The highest BCUT2D eigenvalue weighted by atomic mass is 35.5. The van der Waals surface area contributed by atoms with E-state index in [1.54, 1.807) is 6.07 Å². The molecule has 0 aliphatic carbocycles. The zero-order valence-corrected chi connectivity index (χ0v) is 8.02. The van der Waals surface area contributed by atoms with E-state index in [4.69, 9.17) is 22.7 Å². The van der Waals surface area contributed by atoms with E-state index in [1.807, 2.05) is 6.92 Å². The number of phenolic OH excluding ortho intramolecular Hbond substituents is 1. The Labute approximate surface area is 81.6 Å². The number of hydrogen-bond donors (Lipinski definition) is 3. The SMILES string of the molecule is CCc1cc(O)c(C(=N)N)cc1Cl. The van der Waals surface area contributed by atoms with Gasteiger partial charge in [0, 0.05) is 5.02 Å². The number of aromatic hydroxyl groups is 1. The van der Waals surface area contributed by atoms with E-state index in [-0.39, 0.29) is 17.1 Å². The van der Waals surface area contributed by atoms with Crippen LogP contribution in [0.1, 0.15) is 18.1 Å². The molecule has 0 atom stereocenters. The van der Waals surface area contributed by atoms with Crippen LogP contribution in [0, 0.1) is 5.41 Å². The number of hydrogen-bond acceptors (Lipinski definition) is 2. The summed E-state index contributed by atoms with van der Waals surface area (Å²) >= 11 is 5.88. The molecule has 0 aromatic heterocycles. The van der Waals surface area contributed by atoms with Crippen LogP contribution in [-0.2, 0) is 6.42 Å². The van der Waals surface area contributed by atoms with Crippen molar-refractivity contribution in [2.24, 2.45) is 5.73 Å². The van der Waals surface area contributed by atoms with Gasteiger partial charge in [-0.05, 0) is 24.1 Å². The van der Waals surface area contributed by atoms with Crippen molar-refractivity contribution in [3.8, 4) is 5.75 Å². The highest BCUT2D eigenvalue weighted by Gasteiger charge is 2.08. The molecule has 0 saturated carbocycles. The number of amidine groups is 1. The minimum absolute atomic E-state index is 0.00810. The number of aryl methyl sites for hydroxylation is 1. The van der Waals surface area contributed by atoms with E-state index in [0.717, 1.165) is 12.0 Å². The zero-order valence-electron chi connectivity index (χ0n) is 7.26. The first-order valence-electron chi connectivity index (χ1n) is 3.92. The number of rotatable bonds is 2. The lowest BCUT2D eigenvalue weighted by Gasteiger charge is -2.06. The van der Waals surface area contributed by atoms with Crippen molar-refractivity contribution in [1.29, 1.82) is 5.41 Å². The van der Waals surface area contributed by atoms with Gasteiger partial charge in [0.2, 0.25) is 0 Å². The summed E-state index contributed by atoms with van der Waals surface area (Å²) in [4.78, 5) is 0. The van der Waals surface area contributed by atoms with E-state index >= 15 is 0 Å². The van der Waals surface area contributed by atoms with Crippen LogP contribution in [0.5, 0.6) is 5.75 Å². The molecule has 0 fully saturated rings. The molecule has 0 bridgehead atoms. The number of nitrogens with one attached hydrogen (secondary N) is 1. The third-order valence-electron chi connectivity index (χ3n) is 1.84. The number of halogens is 1. The Bertz CT molecular complexity index is 350. The second-order valence-corrected chi connectivity index (χ2v) is 3.14. The number of nitrogens with two attached hydrogens (primary N) is 1. The van der Waals surface area contributed by atoms with Crippen molar-refractivity contribution in [1.82, 2.24) is 0 Å². The van der Waals surface area contributed by atoms with Gasteiger partial charge in [-0.1, -0.05) is 18.5 Å². The first kappa shape index (κ1) is 9.86. The third kappa shape index (κ3) is 1.92. The van der Waals surface area contributed by atoms with Gasteiger partial charge in [-0.15, -0.1) is 0 Å². The van der Waals surface area contributed by atoms with Gasteiger partial charge in [-0.2, -0.15) is 0 Å². The third-order valence-corrected chi connectivity index (χ3v) is 2.19. The summed E-state index contributed by atoms with van der Waals surface area (Å²) < 4.78 is 0. The fourth-order valence-corrected chi connectivity index (χ4v) is 1.39. The molecule has 1 rings (SSSR count). The van der Waals surface area contributed by atoms with Gasteiger partial charge < -0.3 is 10.8 Å². The predicted octanol–water partition coefficient (Wildman–Crippen LogP) is 1.89. The largest absolute Gasteiger partial charge is 0.507 e. The smallest absolute Gasteiger partial charge is 0.126 e. The molecule has 1 aromatic rings. The lowest BCUT2D eigenvalue weighted by molar-refractivity contribution is 0.473. The molecule has 4 heteroatoms. The van der Waals surface area contributed by atoms with Crippen LogP contribution < -0.4 is 5.73 Å². The van der Waals surface area contributed by atoms with Crippen LogP contribution in [0.2, 0.25) is 5.02 Å². The van der Waals surface area contributed by atoms with Crippen LogP contribution >= 0.6 is 11.6 Å². The van der Waals surface area contributed by atoms with E-state index < -0.39 is 0 Å². The van der Waals surface area contributed by atoms with Crippen molar-refractivity contribution in [2.45, 2.75) is 13.3 Å². The Morgan fingerprint density at radius 1 is 1.62 bits per heavy atom. The van der Waals surface area contributed by atoms with Crippen LogP contribution in [0.25, 0.3) is 0 Å². The molecule has 0 radical (unpaired) electrons. The van der Waals surface area contributed by atoms with Crippen LogP contribution in [0.15, 0.2) is 12.1 Å². The number of nitrogen functional groups attached to an aromatic ring is 1. The van der Waals surface area contributed by atoms with Gasteiger partial charge in [0.15, 0.2) is 0 Å². The van der Waals surface area contributed by atoms with E-state index in [2.05, 4.69) is 0 Å². The Morgan fingerprint density at radius 3 is 2.69 bits per heavy atom. The van der Waals surface area contributed by atoms with Gasteiger partial charge in [-0.25, -0.2) is 0 Å². The molecule has 3 nitrogen and oxygen atoms in total. The van der Waals surface area contributed by atoms with Crippen molar-refractivity contribution in [3.05, 3.63) is 28.3 Å². The topological polar surface area (TPSA) is 70.1 Å². The molecule has 0 spiro atoms. The molecule has 1 aromatic carbocycles. The number of phenols is 1. The molecule has 0 heterocycles. The minimum Gasteiger partial charge on any atom is -0.507 e. The highest BCUT2D eigenvalue weighted by Crippen LogP contribution is 2.26. The summed E-state index contributed by atoms with van der Waals surface area (Å²) in [5.41, 5.74) is 6.37. The first-order valence-corrected chi connectivity index (χ1v) is 4.29. The summed E-state index contributed by atoms with van der Waals surface area (Å²) in [5.74, 6) is -0.171. The second kappa shape index (κ2) is 3.66. The van der Waals surface area contributed by atoms with Gasteiger partial charge in [0.25, 0.3) is 0 Å². The average molecular weight is 199 g/mol. The fraction of sp³-hybridized carbons (Fsp3) is 0.222. The lowest BCUT2D eigenvalue weighted by Crippen LogP contribution is -2.11. The number of benzene rings is 1. The second-order valence-electron chi connectivity index (χ2n) is 2.73. The predicted molar refractivity (Wildman–Crippen MR) is 53.5 cm³/mol. The summed E-state index contributed by atoms with van der Waals surface area (Å²) in [6.07, 6.45) is 0.741. The molecule has 4 N–H and O–H groups in total. The fourth-order valence-electron chi connectivity index (χ4n) is 1.09. The first-order chi connectivity index (χ1) is 6.06. The van der Waals surface area contributed by atoms with Gasteiger partial charge >= 0.3 is 0 Å². The van der Waals surface area contributed by atoms with E-state index in [0.29, 0.717) is 5.02 Å². The lowest BCUT2D eigenvalue weighted by atomic mass is 10.1. The maximum atomic E-state index is 9.44. The van der Waals surface area contributed by atoms with Gasteiger partial charge in [-0.3, -0.25) is 5.41 Å². The summed E-state index contributed by atoms with van der Waals surface area (Å²) in [5, 5.41) is 17.1. The van der Waals surface area contributed by atoms with Crippen LogP contribution in [0.3, 0.4) is 0 Å². The molecule has 0 aliphatic heterocycles. The standard InChI is InChI=1S/C9H11ClN2O/c1-2-5-3-8(13)6(9(11)12)4-7(5)10/h3-4,13H,2H2,1H3,(H3,11,12). The molecule has 0 unspecified atom stereocenters. The summed E-state index contributed by atoms with van der Waals surface area (Å²) in [7, 11) is 0. The molecular weight excluding hydrogens is 188 g/mol. The van der Waals surface area contributed by atoms with Crippen molar-refractivity contribution in [2.75, 3.05) is 0 Å². The maximum Gasteiger partial charge on any atom is 0.126 e. The van der Waals surface area contributed by atoms with E-state index in [1.165, 1.54) is 6.07 Å². The molecular formula is C9H11ClN2O. The Balaban J connectivity index is 3.28. The van der Waals surface area contributed by atoms with Crippen LogP contribution in [0.4, 0.5) is 0 Å². The molecule has 0 saturated heterocycles. The quantitative estimate of drug-likeness (QED) is 0.502. The highest BCUT2D eigenvalue weighted by molar-refractivity contribution is 6.31. The van der Waals surface area contributed by atoms with Crippen molar-refractivity contribution < 1.29 is 5.11 Å². The average Bonchev–Trinajstić information content (AvgIpc) is 2.07.